The summed E-state index contributed by atoms with van der Waals surface area (Å²) in [6.45, 7) is 8.78. The Morgan fingerprint density at radius 1 is 1.34 bits per heavy atom. The van der Waals surface area contributed by atoms with Gasteiger partial charge in [-0.25, -0.2) is 21.5 Å². The lowest BCUT2D eigenvalue weighted by molar-refractivity contribution is 0.339. The van der Waals surface area contributed by atoms with E-state index in [-0.39, 0.29) is 5.11 Å². The zero-order valence-electron chi connectivity index (χ0n) is 18.3. The highest BCUT2D eigenvalue weighted by molar-refractivity contribution is 7.80. The van der Waals surface area contributed by atoms with Gasteiger partial charge in [0.15, 0.2) is 5.11 Å². The fourth-order valence-electron chi connectivity index (χ4n) is 3.18. The fraction of sp³-hybridized carbons (Fsp3) is 0.318. The third kappa shape index (κ3) is 5.59. The molecule has 3 rings (SSSR count). The first-order valence-corrected chi connectivity index (χ1v) is 10.8. The number of aromatic nitrogens is 3. The molecule has 0 bridgehead atoms. The van der Waals surface area contributed by atoms with Crippen LogP contribution in [-0.4, -0.2) is 69.5 Å². The van der Waals surface area contributed by atoms with Crippen LogP contribution in [0.3, 0.4) is 0 Å². The molecule has 0 aliphatic rings. The van der Waals surface area contributed by atoms with E-state index < -0.39 is 0 Å². The Morgan fingerprint density at radius 2 is 2.12 bits per heavy atom. The predicted octanol–water partition coefficient (Wildman–Crippen LogP) is 3.19. The molecular formula is C22H25ClN8S. The van der Waals surface area contributed by atoms with E-state index in [1.807, 2.05) is 48.8 Å². The van der Waals surface area contributed by atoms with Gasteiger partial charge in [-0.2, -0.15) is 5.10 Å². The Morgan fingerprint density at radius 3 is 2.75 bits per heavy atom. The maximum atomic E-state index is 7.09. The summed E-state index contributed by atoms with van der Waals surface area (Å²) >= 11 is 11.7. The van der Waals surface area contributed by atoms with E-state index in [4.69, 9.17) is 41.1 Å². The van der Waals surface area contributed by atoms with Gasteiger partial charge >= 0.3 is 0 Å². The number of nitrogens with zero attached hydrogens (tertiary/aromatic N) is 7. The number of nitrogens with two attached hydrogens (primary N) is 1. The van der Waals surface area contributed by atoms with E-state index in [1.54, 1.807) is 23.7 Å². The molecular weight excluding hydrogens is 444 g/mol. The van der Waals surface area contributed by atoms with E-state index >= 15 is 0 Å². The van der Waals surface area contributed by atoms with Crippen LogP contribution in [0.5, 0.6) is 0 Å². The number of aryl methyl sites for hydroxylation is 1. The van der Waals surface area contributed by atoms with E-state index in [0.29, 0.717) is 24.5 Å². The normalized spacial score (nSPS) is 11.4. The molecule has 8 nitrogen and oxygen atoms in total. The second-order valence-corrected chi connectivity index (χ2v) is 8.41. The zero-order valence-corrected chi connectivity index (χ0v) is 19.9. The van der Waals surface area contributed by atoms with Crippen molar-refractivity contribution in [3.63, 3.8) is 0 Å². The second kappa shape index (κ2) is 10.5. The highest BCUT2D eigenvalue weighted by atomic mass is 35.5. The number of halogens is 1. The quantitative estimate of drug-likeness (QED) is 0.237. The summed E-state index contributed by atoms with van der Waals surface area (Å²) in [6.07, 6.45) is 5.80. The number of pyridine rings is 1. The van der Waals surface area contributed by atoms with Gasteiger partial charge in [-0.1, -0.05) is 11.6 Å². The van der Waals surface area contributed by atoms with Crippen molar-refractivity contribution in [1.29, 1.82) is 0 Å². The number of thiocarbonyl (C=S) groups is 1. The first-order chi connectivity index (χ1) is 15.3. The lowest BCUT2D eigenvalue weighted by atomic mass is 10.0. The molecule has 0 fully saturated rings. The van der Waals surface area contributed by atoms with Crippen LogP contribution in [0.2, 0.25) is 5.02 Å². The number of fused-ring (bicyclic) bond motifs is 1. The molecule has 32 heavy (non-hydrogen) atoms. The molecule has 0 radical (unpaired) electrons. The molecule has 0 aliphatic heterocycles. The van der Waals surface area contributed by atoms with Crippen LogP contribution in [0.4, 0.5) is 0 Å². The molecule has 0 unspecified atom stereocenters. The van der Waals surface area contributed by atoms with E-state index in [0.717, 1.165) is 40.0 Å². The van der Waals surface area contributed by atoms with Crippen LogP contribution < -0.4 is 5.73 Å². The van der Waals surface area contributed by atoms with Crippen molar-refractivity contribution in [2.24, 2.45) is 17.9 Å². The van der Waals surface area contributed by atoms with Crippen LogP contribution in [0.15, 0.2) is 35.8 Å². The summed E-state index contributed by atoms with van der Waals surface area (Å²) in [5.41, 5.74) is 9.98. The smallest absolute Gasteiger partial charge is 0.218 e. The molecule has 3 aromatic rings. The van der Waals surface area contributed by atoms with Gasteiger partial charge in [-0.15, -0.1) is 0 Å². The van der Waals surface area contributed by atoms with Gasteiger partial charge in [0, 0.05) is 36.0 Å². The van der Waals surface area contributed by atoms with Crippen molar-refractivity contribution in [3.05, 3.63) is 58.3 Å². The lowest BCUT2D eigenvalue weighted by Crippen LogP contribution is -2.36. The molecule has 0 saturated carbocycles. The van der Waals surface area contributed by atoms with Crippen LogP contribution in [0, 0.1) is 6.57 Å². The van der Waals surface area contributed by atoms with E-state index in [9.17, 15) is 0 Å². The van der Waals surface area contributed by atoms with Crippen LogP contribution in [-0.2, 0) is 13.5 Å². The monoisotopic (exact) mass is 468 g/mol. The van der Waals surface area contributed by atoms with Gasteiger partial charge < -0.3 is 20.0 Å². The minimum Gasteiger partial charge on any atom is -0.375 e. The summed E-state index contributed by atoms with van der Waals surface area (Å²) in [5.74, 6) is 0. The summed E-state index contributed by atoms with van der Waals surface area (Å²) in [7, 11) is 5.87. The first kappa shape index (κ1) is 23.6. The number of likely N-dealkylation sites (N-methyl/N-ethyl adjacent to an activating group) is 1. The Kier molecular flexibility index (Phi) is 7.75. The number of hydrogen-bond acceptors (Lipinski definition) is 5. The number of hydrogen-bond donors (Lipinski definition) is 1. The van der Waals surface area contributed by atoms with Gasteiger partial charge in [-0.3, -0.25) is 0 Å². The Hall–Kier alpha value is -3.06. The molecule has 166 valence electrons. The fourth-order valence-corrected chi connectivity index (χ4v) is 3.57. The van der Waals surface area contributed by atoms with Gasteiger partial charge in [0.2, 0.25) is 6.54 Å². The topological polar surface area (TPSA) is 79.9 Å². The van der Waals surface area contributed by atoms with Crippen LogP contribution in [0.25, 0.3) is 27.1 Å². The van der Waals surface area contributed by atoms with Crippen molar-refractivity contribution in [1.82, 2.24) is 24.4 Å². The largest absolute Gasteiger partial charge is 0.375 e. The van der Waals surface area contributed by atoms with E-state index in [2.05, 4.69) is 14.9 Å². The number of hydrazone groups is 1. The molecule has 2 N–H and O–H groups in total. The molecule has 2 heterocycles. The Balaban J connectivity index is 2.12. The number of rotatable bonds is 8. The minimum absolute atomic E-state index is 0.203. The zero-order chi connectivity index (χ0) is 23.3. The Bertz CT molecular complexity index is 1190. The lowest BCUT2D eigenvalue weighted by Gasteiger charge is -2.19. The van der Waals surface area contributed by atoms with Crippen molar-refractivity contribution in [3.8, 4) is 11.4 Å². The van der Waals surface area contributed by atoms with Crippen molar-refractivity contribution < 1.29 is 0 Å². The average Bonchev–Trinajstić information content (AvgIpc) is 3.17. The second-order valence-electron chi connectivity index (χ2n) is 7.59. The van der Waals surface area contributed by atoms with Crippen LogP contribution >= 0.6 is 23.8 Å². The first-order valence-electron chi connectivity index (χ1n) is 9.99. The third-order valence-corrected chi connectivity index (χ3v) is 5.49. The number of benzene rings is 1. The third-order valence-electron chi connectivity index (χ3n) is 4.93. The molecule has 0 saturated heterocycles. The highest BCUT2D eigenvalue weighted by Crippen LogP contribution is 2.29. The Labute approximate surface area is 198 Å². The molecule has 1 aromatic carbocycles. The molecule has 0 spiro atoms. The minimum atomic E-state index is 0.203. The molecule has 10 heteroatoms. The van der Waals surface area contributed by atoms with Crippen molar-refractivity contribution in [2.75, 3.05) is 33.7 Å². The summed E-state index contributed by atoms with van der Waals surface area (Å²) in [5, 5.41) is 7.84. The van der Waals surface area contributed by atoms with Crippen molar-refractivity contribution in [2.45, 2.75) is 6.42 Å². The summed E-state index contributed by atoms with van der Waals surface area (Å²) < 4.78 is 1.90. The molecule has 0 amide bonds. The van der Waals surface area contributed by atoms with Gasteiger partial charge in [-0.05, 0) is 50.1 Å². The molecule has 0 atom stereocenters. The molecule has 2 aromatic heterocycles. The number of imidazole rings is 1. The van der Waals surface area contributed by atoms with E-state index in [1.165, 1.54) is 0 Å². The van der Waals surface area contributed by atoms with Gasteiger partial charge in [0.1, 0.15) is 0 Å². The maximum absolute atomic E-state index is 7.09. The highest BCUT2D eigenvalue weighted by Gasteiger charge is 2.13. The SMILES string of the molecule is [C-]#[N+]CCc1cc2c(/C=N/N(CCN(C)C)C(N)=S)cc(-c3cncn3C)nc2cc1Cl. The van der Waals surface area contributed by atoms with Crippen molar-refractivity contribution >= 4 is 46.0 Å². The standard InChI is InChI=1S/C22H25ClN8S/c1-25-6-5-15-9-17-16(12-27-31(22(24)32)8-7-29(2)3)10-20(21-13-26-14-30(21)4)28-19(17)11-18(15)23/h9-14H,5-8H2,2-4H3,(H2,24,32)/b27-12+. The van der Waals surface area contributed by atoms with Crippen LogP contribution in [0.1, 0.15) is 11.1 Å². The van der Waals surface area contributed by atoms with Gasteiger partial charge in [0.05, 0.1) is 42.2 Å². The molecule has 0 aliphatic carbocycles. The maximum Gasteiger partial charge on any atom is 0.218 e. The average molecular weight is 469 g/mol. The summed E-state index contributed by atoms with van der Waals surface area (Å²) in [6, 6.07) is 5.78. The van der Waals surface area contributed by atoms with Gasteiger partial charge in [0.25, 0.3) is 0 Å². The summed E-state index contributed by atoms with van der Waals surface area (Å²) in [4.78, 5) is 14.5. The predicted molar refractivity (Wildman–Crippen MR) is 134 cm³/mol.